The smallest absolute Gasteiger partial charge is 0.131 e. The van der Waals surface area contributed by atoms with E-state index in [4.69, 9.17) is 4.74 Å². The number of hydrogen-bond donors (Lipinski definition) is 0. The minimum Gasteiger partial charge on any atom is -0.482 e. The molecule has 0 amide bonds. The van der Waals surface area contributed by atoms with Gasteiger partial charge < -0.3 is 4.74 Å². The van der Waals surface area contributed by atoms with E-state index in [1.807, 2.05) is 0 Å². The summed E-state index contributed by atoms with van der Waals surface area (Å²) in [6.45, 7) is 22.3. The van der Waals surface area contributed by atoms with Crippen LogP contribution in [0.3, 0.4) is 0 Å². The topological polar surface area (TPSA) is 9.23 Å². The molecule has 0 saturated heterocycles. The lowest BCUT2D eigenvalue weighted by Gasteiger charge is -2.40. The molecule has 128 valence electrons. The lowest BCUT2D eigenvalue weighted by molar-refractivity contribution is 0.103. The van der Waals surface area contributed by atoms with Crippen LogP contribution in [0.5, 0.6) is 5.75 Å². The van der Waals surface area contributed by atoms with Crippen molar-refractivity contribution in [1.82, 2.24) is 0 Å². The fourth-order valence-electron chi connectivity index (χ4n) is 4.39. The van der Waals surface area contributed by atoms with Crippen LogP contribution in [0.4, 0.5) is 0 Å². The molecule has 0 saturated carbocycles. The van der Waals surface area contributed by atoms with Crippen LogP contribution in [0.15, 0.2) is 0 Å². The molecule has 24 heavy (non-hydrogen) atoms. The second kappa shape index (κ2) is 5.12. The summed E-state index contributed by atoms with van der Waals surface area (Å²) < 4.78 is 6.62. The Morgan fingerprint density at radius 1 is 0.500 bits per heavy atom. The monoisotopic (exact) mass is 322 g/mol. The Bertz CT molecular complexity index is 882. The Hall–Kier alpha value is -1.76. The highest BCUT2D eigenvalue weighted by atomic mass is 16.5. The molecule has 1 heteroatoms. The molecular weight excluding hydrogens is 292 g/mol. The molecule has 0 spiro atoms. The van der Waals surface area contributed by atoms with Crippen LogP contribution in [0.2, 0.25) is 0 Å². The third kappa shape index (κ3) is 2.00. The molecule has 0 atom stereocenters. The van der Waals surface area contributed by atoms with Crippen LogP contribution in [-0.2, 0) is 5.60 Å². The number of benzene rings is 2. The third-order valence-corrected chi connectivity index (χ3v) is 6.53. The van der Waals surface area contributed by atoms with Gasteiger partial charge in [-0.05, 0) is 119 Å². The Labute approximate surface area is 147 Å². The second-order valence-electron chi connectivity index (χ2n) is 8.07. The van der Waals surface area contributed by atoms with E-state index in [0.29, 0.717) is 0 Å². The van der Waals surface area contributed by atoms with Crippen molar-refractivity contribution in [3.05, 3.63) is 50.1 Å². The summed E-state index contributed by atoms with van der Waals surface area (Å²) in [6.07, 6.45) is 0. The molecule has 1 heterocycles. The third-order valence-electron chi connectivity index (χ3n) is 6.53. The summed E-state index contributed by atoms with van der Waals surface area (Å²) in [6, 6.07) is 0. The summed E-state index contributed by atoms with van der Waals surface area (Å²) in [7, 11) is 0. The number of hydrogen-bond acceptors (Lipinski definition) is 1. The van der Waals surface area contributed by atoms with E-state index >= 15 is 0 Å². The highest BCUT2D eigenvalue weighted by Gasteiger charge is 2.38. The minimum atomic E-state index is -0.311. The fraction of sp³-hybridized carbons (Fsp3) is 0.478. The summed E-state index contributed by atoms with van der Waals surface area (Å²) in [5.41, 5.74) is 14.7. The van der Waals surface area contributed by atoms with Gasteiger partial charge >= 0.3 is 0 Å². The first-order chi connectivity index (χ1) is 11.0. The van der Waals surface area contributed by atoms with Gasteiger partial charge in [0.25, 0.3) is 0 Å². The molecule has 1 aliphatic rings. The summed E-state index contributed by atoms with van der Waals surface area (Å²) in [5.74, 6) is 1.08. The highest BCUT2D eigenvalue weighted by molar-refractivity contribution is 5.86. The number of fused-ring (bicyclic) bond motifs is 3. The van der Waals surface area contributed by atoms with E-state index in [1.54, 1.807) is 0 Å². The predicted octanol–water partition coefficient (Wildman–Crippen LogP) is 6.45. The Kier molecular flexibility index (Phi) is 3.64. The van der Waals surface area contributed by atoms with Crippen LogP contribution in [0.25, 0.3) is 11.1 Å². The van der Waals surface area contributed by atoms with Gasteiger partial charge in [0.15, 0.2) is 0 Å². The van der Waals surface area contributed by atoms with Crippen molar-refractivity contribution in [3.8, 4) is 16.9 Å². The average Bonchev–Trinajstić information content (AvgIpc) is 2.52. The van der Waals surface area contributed by atoms with Crippen LogP contribution < -0.4 is 4.74 Å². The standard InChI is InChI=1S/C23H30O/c1-11-13(3)17(7)21-19(15(11)5)20-16(6)12(2)14(4)18(8)22(20)24-23(21,9)10/h1-10H3. The lowest BCUT2D eigenvalue weighted by Crippen LogP contribution is -2.32. The van der Waals surface area contributed by atoms with E-state index < -0.39 is 0 Å². The van der Waals surface area contributed by atoms with E-state index in [1.165, 1.54) is 61.2 Å². The predicted molar refractivity (Wildman–Crippen MR) is 103 cm³/mol. The molecule has 2 aromatic rings. The number of rotatable bonds is 0. The molecule has 0 N–H and O–H groups in total. The highest BCUT2D eigenvalue weighted by Crippen LogP contribution is 2.53. The van der Waals surface area contributed by atoms with E-state index in [0.717, 1.165) is 5.75 Å². The van der Waals surface area contributed by atoms with Crippen LogP contribution in [0, 0.1) is 55.4 Å². The molecule has 0 aliphatic carbocycles. The first kappa shape index (κ1) is 17.1. The van der Waals surface area contributed by atoms with Crippen molar-refractivity contribution in [2.24, 2.45) is 0 Å². The minimum absolute atomic E-state index is 0.311. The van der Waals surface area contributed by atoms with Crippen molar-refractivity contribution < 1.29 is 4.74 Å². The summed E-state index contributed by atoms with van der Waals surface area (Å²) >= 11 is 0. The van der Waals surface area contributed by atoms with Crippen molar-refractivity contribution in [3.63, 3.8) is 0 Å². The lowest BCUT2D eigenvalue weighted by atomic mass is 9.75. The Balaban J connectivity index is 2.60. The van der Waals surface area contributed by atoms with Crippen molar-refractivity contribution in [1.29, 1.82) is 0 Å². The first-order valence-electron chi connectivity index (χ1n) is 8.91. The van der Waals surface area contributed by atoms with Crippen LogP contribution >= 0.6 is 0 Å². The maximum atomic E-state index is 6.62. The molecule has 1 nitrogen and oxygen atoms in total. The van der Waals surface area contributed by atoms with E-state index in [2.05, 4.69) is 69.2 Å². The van der Waals surface area contributed by atoms with Crippen molar-refractivity contribution in [2.75, 3.05) is 0 Å². The normalized spacial score (nSPS) is 14.9. The molecule has 3 rings (SSSR count). The molecule has 0 radical (unpaired) electrons. The quantitative estimate of drug-likeness (QED) is 0.541. The van der Waals surface area contributed by atoms with Crippen molar-refractivity contribution in [2.45, 2.75) is 74.8 Å². The first-order valence-corrected chi connectivity index (χ1v) is 8.91. The second-order valence-corrected chi connectivity index (χ2v) is 8.07. The maximum Gasteiger partial charge on any atom is 0.131 e. The number of ether oxygens (including phenoxy) is 1. The maximum absolute atomic E-state index is 6.62. The average molecular weight is 322 g/mol. The van der Waals surface area contributed by atoms with Gasteiger partial charge in [-0.1, -0.05) is 0 Å². The van der Waals surface area contributed by atoms with Gasteiger partial charge in [0, 0.05) is 11.1 Å². The molecule has 0 unspecified atom stereocenters. The van der Waals surface area contributed by atoms with Gasteiger partial charge in [-0.25, -0.2) is 0 Å². The Morgan fingerprint density at radius 2 is 0.917 bits per heavy atom. The Morgan fingerprint density at radius 3 is 1.46 bits per heavy atom. The van der Waals surface area contributed by atoms with Gasteiger partial charge in [-0.2, -0.15) is 0 Å². The van der Waals surface area contributed by atoms with E-state index in [9.17, 15) is 0 Å². The molecule has 0 fully saturated rings. The van der Waals surface area contributed by atoms with E-state index in [-0.39, 0.29) is 5.60 Å². The van der Waals surface area contributed by atoms with Crippen LogP contribution in [-0.4, -0.2) is 0 Å². The van der Waals surface area contributed by atoms with Gasteiger partial charge in [-0.3, -0.25) is 0 Å². The van der Waals surface area contributed by atoms with Gasteiger partial charge in [0.1, 0.15) is 11.4 Å². The summed E-state index contributed by atoms with van der Waals surface area (Å²) in [5, 5.41) is 0. The molecule has 0 bridgehead atoms. The van der Waals surface area contributed by atoms with Gasteiger partial charge in [0.05, 0.1) is 0 Å². The van der Waals surface area contributed by atoms with Gasteiger partial charge in [-0.15, -0.1) is 0 Å². The van der Waals surface area contributed by atoms with Gasteiger partial charge in [0.2, 0.25) is 0 Å². The summed E-state index contributed by atoms with van der Waals surface area (Å²) in [4.78, 5) is 0. The molecule has 1 aliphatic heterocycles. The van der Waals surface area contributed by atoms with Crippen molar-refractivity contribution >= 4 is 0 Å². The zero-order valence-corrected chi connectivity index (χ0v) is 16.9. The zero-order valence-electron chi connectivity index (χ0n) is 16.9. The van der Waals surface area contributed by atoms with Crippen LogP contribution in [0.1, 0.15) is 63.9 Å². The zero-order chi connectivity index (χ0) is 18.1. The fourth-order valence-corrected chi connectivity index (χ4v) is 4.39. The molecule has 0 aromatic heterocycles. The largest absolute Gasteiger partial charge is 0.482 e. The molecular formula is C23H30O. The molecule has 2 aromatic carbocycles. The SMILES string of the molecule is Cc1c(C)c(C)c2c(c1C)OC(C)(C)c1c(C)c(C)c(C)c(C)c1-2.